The number of halogens is 3. The van der Waals surface area contributed by atoms with E-state index < -0.39 is 0 Å². The van der Waals surface area contributed by atoms with Crippen LogP contribution in [0.15, 0.2) is 42.5 Å². The molecule has 1 fully saturated rings. The Labute approximate surface area is 184 Å². The molecule has 1 saturated heterocycles. The van der Waals surface area contributed by atoms with Gasteiger partial charge in [0.1, 0.15) is 5.75 Å². The van der Waals surface area contributed by atoms with E-state index in [0.29, 0.717) is 52.7 Å². The summed E-state index contributed by atoms with van der Waals surface area (Å²) in [6.45, 7) is 2.35. The minimum absolute atomic E-state index is 0.118. The van der Waals surface area contributed by atoms with Gasteiger partial charge in [0.25, 0.3) is 5.91 Å². The second-order valence-electron chi connectivity index (χ2n) is 6.55. The first-order valence-corrected chi connectivity index (χ1v) is 10.2. The second kappa shape index (κ2) is 10.2. The van der Waals surface area contributed by atoms with E-state index in [0.717, 1.165) is 0 Å². The topological polar surface area (TPSA) is 61.9 Å². The van der Waals surface area contributed by atoms with Gasteiger partial charge in [0.05, 0.1) is 22.3 Å². The van der Waals surface area contributed by atoms with Crippen LogP contribution in [0.25, 0.3) is 0 Å². The summed E-state index contributed by atoms with van der Waals surface area (Å²) in [5.74, 6) is 0.0976. The fourth-order valence-electron chi connectivity index (χ4n) is 2.93. The zero-order valence-electron chi connectivity index (χ0n) is 15.5. The minimum Gasteiger partial charge on any atom is -0.482 e. The van der Waals surface area contributed by atoms with E-state index in [-0.39, 0.29) is 25.0 Å². The Morgan fingerprint density at radius 2 is 1.69 bits per heavy atom. The third-order valence-electron chi connectivity index (χ3n) is 4.48. The molecule has 9 heteroatoms. The van der Waals surface area contributed by atoms with E-state index in [4.69, 9.17) is 39.5 Å². The number of para-hydroxylation sites is 1. The van der Waals surface area contributed by atoms with Crippen molar-refractivity contribution in [3.63, 3.8) is 0 Å². The van der Waals surface area contributed by atoms with Gasteiger partial charge in [-0.05, 0) is 24.3 Å². The molecule has 0 bridgehead atoms. The van der Waals surface area contributed by atoms with Crippen LogP contribution in [0.5, 0.6) is 5.75 Å². The van der Waals surface area contributed by atoms with Gasteiger partial charge in [-0.2, -0.15) is 0 Å². The van der Waals surface area contributed by atoms with E-state index in [1.807, 2.05) is 11.0 Å². The number of amides is 2. The van der Waals surface area contributed by atoms with Gasteiger partial charge in [0, 0.05) is 37.3 Å². The van der Waals surface area contributed by atoms with Crippen molar-refractivity contribution in [3.8, 4) is 5.75 Å². The zero-order valence-corrected chi connectivity index (χ0v) is 17.8. The van der Waals surface area contributed by atoms with Gasteiger partial charge < -0.3 is 15.0 Å². The van der Waals surface area contributed by atoms with Crippen molar-refractivity contribution < 1.29 is 14.3 Å². The number of benzene rings is 2. The molecular weight excluding hydrogens is 437 g/mol. The third-order valence-corrected chi connectivity index (χ3v) is 5.36. The number of piperazine rings is 1. The Hall–Kier alpha value is -1.99. The van der Waals surface area contributed by atoms with Gasteiger partial charge in [-0.25, -0.2) is 0 Å². The molecule has 3 rings (SSSR count). The summed E-state index contributed by atoms with van der Waals surface area (Å²) < 4.78 is 5.50. The van der Waals surface area contributed by atoms with Crippen molar-refractivity contribution in [1.82, 2.24) is 9.80 Å². The van der Waals surface area contributed by atoms with Crippen LogP contribution in [0.4, 0.5) is 5.69 Å². The van der Waals surface area contributed by atoms with E-state index in [2.05, 4.69) is 5.32 Å². The van der Waals surface area contributed by atoms with Crippen molar-refractivity contribution >= 4 is 52.3 Å². The first-order valence-electron chi connectivity index (χ1n) is 9.05. The van der Waals surface area contributed by atoms with Crippen molar-refractivity contribution in [2.45, 2.75) is 0 Å². The minimum atomic E-state index is -0.142. The fourth-order valence-corrected chi connectivity index (χ4v) is 3.45. The number of rotatable bonds is 6. The van der Waals surface area contributed by atoms with Crippen LogP contribution in [0.2, 0.25) is 15.1 Å². The largest absolute Gasteiger partial charge is 0.482 e. The maximum Gasteiger partial charge on any atom is 0.260 e. The Morgan fingerprint density at radius 3 is 2.41 bits per heavy atom. The van der Waals surface area contributed by atoms with Gasteiger partial charge in [-0.3, -0.25) is 14.5 Å². The molecule has 2 amide bonds. The zero-order chi connectivity index (χ0) is 20.8. The standard InChI is InChI=1S/C20H20Cl3N3O3/c21-14-5-6-16(23)18(11-14)29-13-20(28)26-9-7-25(8-10-26)12-19(27)24-17-4-2-1-3-15(17)22/h1-6,11H,7-10,12-13H2,(H,24,27). The number of hydrogen-bond acceptors (Lipinski definition) is 4. The number of carbonyl (C=O) groups is 2. The number of nitrogens with one attached hydrogen (secondary N) is 1. The van der Waals surface area contributed by atoms with E-state index in [1.54, 1.807) is 41.3 Å². The molecular formula is C20H20Cl3N3O3. The molecule has 1 aliphatic rings. The van der Waals surface area contributed by atoms with Crippen LogP contribution in [0.1, 0.15) is 0 Å². The Kier molecular flexibility index (Phi) is 7.61. The predicted molar refractivity (Wildman–Crippen MR) is 115 cm³/mol. The number of hydrogen-bond donors (Lipinski definition) is 1. The normalized spacial score (nSPS) is 14.5. The number of nitrogens with zero attached hydrogens (tertiary/aromatic N) is 2. The molecule has 1 aliphatic heterocycles. The van der Waals surface area contributed by atoms with Crippen molar-refractivity contribution in [3.05, 3.63) is 57.5 Å². The quantitative estimate of drug-likeness (QED) is 0.718. The summed E-state index contributed by atoms with van der Waals surface area (Å²) >= 11 is 18.0. The molecule has 0 saturated carbocycles. The summed E-state index contributed by atoms with van der Waals surface area (Å²) in [6.07, 6.45) is 0. The van der Waals surface area contributed by atoms with Gasteiger partial charge >= 0.3 is 0 Å². The van der Waals surface area contributed by atoms with E-state index in [1.165, 1.54) is 0 Å². The molecule has 2 aromatic carbocycles. The van der Waals surface area contributed by atoms with Gasteiger partial charge in [0.15, 0.2) is 6.61 Å². The van der Waals surface area contributed by atoms with E-state index in [9.17, 15) is 9.59 Å². The molecule has 0 unspecified atom stereocenters. The van der Waals surface area contributed by atoms with Crippen LogP contribution >= 0.6 is 34.8 Å². The highest BCUT2D eigenvalue weighted by Crippen LogP contribution is 2.27. The average Bonchev–Trinajstić information content (AvgIpc) is 2.70. The van der Waals surface area contributed by atoms with Crippen molar-refractivity contribution in [2.24, 2.45) is 0 Å². The molecule has 0 spiro atoms. The highest BCUT2D eigenvalue weighted by Gasteiger charge is 2.23. The molecule has 0 aromatic heterocycles. The lowest BCUT2D eigenvalue weighted by Crippen LogP contribution is -2.51. The molecule has 1 heterocycles. The Morgan fingerprint density at radius 1 is 0.966 bits per heavy atom. The van der Waals surface area contributed by atoms with Gasteiger partial charge in [-0.15, -0.1) is 0 Å². The lowest BCUT2D eigenvalue weighted by Gasteiger charge is -2.34. The third kappa shape index (κ3) is 6.24. The molecule has 0 atom stereocenters. The summed E-state index contributed by atoms with van der Waals surface area (Å²) in [4.78, 5) is 28.3. The number of anilines is 1. The van der Waals surface area contributed by atoms with Gasteiger partial charge in [0.2, 0.25) is 5.91 Å². The lowest BCUT2D eigenvalue weighted by molar-refractivity contribution is -0.135. The Balaban J connectivity index is 1.42. The molecule has 2 aromatic rings. The second-order valence-corrected chi connectivity index (χ2v) is 7.80. The SMILES string of the molecule is O=C(CN1CCN(C(=O)COc2cc(Cl)ccc2Cl)CC1)Nc1ccccc1Cl. The maximum atomic E-state index is 12.4. The van der Waals surface area contributed by atoms with Crippen molar-refractivity contribution in [2.75, 3.05) is 44.6 Å². The Bertz CT molecular complexity index is 886. The first-order chi connectivity index (χ1) is 13.9. The first kappa shape index (κ1) is 21.7. The van der Waals surface area contributed by atoms with Crippen LogP contribution < -0.4 is 10.1 Å². The highest BCUT2D eigenvalue weighted by molar-refractivity contribution is 6.34. The van der Waals surface area contributed by atoms with E-state index >= 15 is 0 Å². The maximum absolute atomic E-state index is 12.4. The fraction of sp³-hybridized carbons (Fsp3) is 0.300. The van der Waals surface area contributed by atoms with Crippen LogP contribution in [-0.4, -0.2) is 60.9 Å². The predicted octanol–water partition coefficient (Wildman–Crippen LogP) is 3.81. The molecule has 154 valence electrons. The summed E-state index contributed by atoms with van der Waals surface area (Å²) in [6, 6.07) is 11.9. The summed E-state index contributed by atoms with van der Waals surface area (Å²) in [5, 5.41) is 4.19. The monoisotopic (exact) mass is 455 g/mol. The highest BCUT2D eigenvalue weighted by atomic mass is 35.5. The van der Waals surface area contributed by atoms with Crippen LogP contribution in [-0.2, 0) is 9.59 Å². The molecule has 0 radical (unpaired) electrons. The smallest absolute Gasteiger partial charge is 0.260 e. The number of carbonyl (C=O) groups excluding carboxylic acids is 2. The lowest BCUT2D eigenvalue weighted by atomic mass is 10.3. The summed E-state index contributed by atoms with van der Waals surface area (Å²) in [5.41, 5.74) is 0.588. The van der Waals surface area contributed by atoms with Crippen LogP contribution in [0, 0.1) is 0 Å². The average molecular weight is 457 g/mol. The number of ether oxygens (including phenoxy) is 1. The molecule has 1 N–H and O–H groups in total. The summed E-state index contributed by atoms with van der Waals surface area (Å²) in [7, 11) is 0. The molecule has 0 aliphatic carbocycles. The van der Waals surface area contributed by atoms with Crippen LogP contribution in [0.3, 0.4) is 0 Å². The molecule has 29 heavy (non-hydrogen) atoms. The van der Waals surface area contributed by atoms with Gasteiger partial charge in [-0.1, -0.05) is 46.9 Å². The molecule has 6 nitrogen and oxygen atoms in total. The van der Waals surface area contributed by atoms with Crippen molar-refractivity contribution in [1.29, 1.82) is 0 Å².